The Hall–Kier alpha value is -1.68. The van der Waals surface area contributed by atoms with E-state index in [1.165, 1.54) is 5.56 Å². The highest BCUT2D eigenvalue weighted by atomic mass is 15.2. The van der Waals surface area contributed by atoms with Gasteiger partial charge in [-0.1, -0.05) is 17.7 Å². The lowest BCUT2D eigenvalue weighted by Gasteiger charge is -2.07. The molecule has 0 saturated carbocycles. The minimum absolute atomic E-state index is 0.568. The maximum atomic E-state index is 4.13. The number of hydrogen-bond donors (Lipinski definition) is 1. The second kappa shape index (κ2) is 6.74. The van der Waals surface area contributed by atoms with Crippen LogP contribution in [-0.2, 0) is 0 Å². The first-order chi connectivity index (χ1) is 7.72. The smallest absolute Gasteiger partial charge is 0.131 e. The molecule has 0 radical (unpaired) electrons. The second-order valence-corrected chi connectivity index (χ2v) is 3.65. The first kappa shape index (κ1) is 12.4. The van der Waals surface area contributed by atoms with Gasteiger partial charge in [-0.25, -0.2) is 0 Å². The van der Waals surface area contributed by atoms with Crippen LogP contribution < -0.4 is 5.32 Å². The molecule has 1 aromatic carbocycles. The van der Waals surface area contributed by atoms with E-state index in [4.69, 9.17) is 0 Å². The minimum Gasteiger partial charge on any atom is -0.355 e. The summed E-state index contributed by atoms with van der Waals surface area (Å²) in [6.45, 7) is 2.62. The summed E-state index contributed by atoms with van der Waals surface area (Å²) in [5.41, 5.74) is 2.13. The van der Waals surface area contributed by atoms with Gasteiger partial charge in [0.1, 0.15) is 12.9 Å². The number of benzene rings is 1. The minimum atomic E-state index is 0.568. The number of aryl methyl sites for hydroxylation is 1. The quantitative estimate of drug-likeness (QED) is 0.752. The lowest BCUT2D eigenvalue weighted by molar-refractivity contribution is -0.557. The highest BCUT2D eigenvalue weighted by molar-refractivity contribution is 5.37. The van der Waals surface area contributed by atoms with E-state index in [0.29, 0.717) is 6.67 Å². The number of azo groups is 1. The summed E-state index contributed by atoms with van der Waals surface area (Å²) in [6.07, 6.45) is 3.94. The zero-order valence-electron chi connectivity index (χ0n) is 10.1. The van der Waals surface area contributed by atoms with E-state index in [2.05, 4.69) is 17.2 Å². The van der Waals surface area contributed by atoms with Gasteiger partial charge in [-0.05, 0) is 19.1 Å². The maximum absolute atomic E-state index is 4.13. The fourth-order valence-corrected chi connectivity index (χ4v) is 1.10. The lowest BCUT2D eigenvalue weighted by atomic mass is 10.2. The molecule has 0 heterocycles. The van der Waals surface area contributed by atoms with E-state index in [-0.39, 0.29) is 0 Å². The van der Waals surface area contributed by atoms with Gasteiger partial charge < -0.3 is 10.2 Å². The molecule has 4 heteroatoms. The molecule has 1 rings (SSSR count). The normalized spacial score (nSPS) is 11.4. The summed E-state index contributed by atoms with van der Waals surface area (Å²) in [6, 6.07) is 8.00. The molecular weight excluding hydrogens is 200 g/mol. The third kappa shape index (κ3) is 4.70. The van der Waals surface area contributed by atoms with Crippen LogP contribution >= 0.6 is 0 Å². The van der Waals surface area contributed by atoms with Gasteiger partial charge in [0, 0.05) is 7.05 Å². The van der Waals surface area contributed by atoms with Gasteiger partial charge in [0.2, 0.25) is 0 Å². The molecule has 0 unspecified atom stereocenters. The van der Waals surface area contributed by atoms with Crippen LogP contribution in [0.4, 0.5) is 5.69 Å². The first-order valence-corrected chi connectivity index (χ1v) is 5.33. The van der Waals surface area contributed by atoms with Crippen LogP contribution in [0.5, 0.6) is 0 Å². The average Bonchev–Trinajstić information content (AvgIpc) is 2.29. The van der Waals surface area contributed by atoms with Crippen molar-refractivity contribution in [3.05, 3.63) is 42.2 Å². The third-order valence-corrected chi connectivity index (χ3v) is 2.04. The van der Waals surface area contributed by atoms with Crippen molar-refractivity contribution in [1.29, 1.82) is 0 Å². The van der Waals surface area contributed by atoms with E-state index < -0.39 is 0 Å². The van der Waals surface area contributed by atoms with Gasteiger partial charge in [0.25, 0.3) is 0 Å². The maximum Gasteiger partial charge on any atom is 0.131 e. The summed E-state index contributed by atoms with van der Waals surface area (Å²) in [5.74, 6) is 0. The Morgan fingerprint density at radius 3 is 2.62 bits per heavy atom. The Morgan fingerprint density at radius 2 is 2.00 bits per heavy atom. The molecule has 86 valence electrons. The van der Waals surface area contributed by atoms with E-state index in [1.807, 2.05) is 61.0 Å². The molecule has 0 saturated heterocycles. The molecule has 0 aliphatic rings. The number of quaternary nitrogens is 1. The van der Waals surface area contributed by atoms with Crippen LogP contribution in [0, 0.1) is 6.92 Å². The Labute approximate surface area is 96.7 Å². The molecule has 0 amide bonds. The highest BCUT2D eigenvalue weighted by Gasteiger charge is 1.90. The summed E-state index contributed by atoms with van der Waals surface area (Å²) in [5, 5.41) is 10.2. The van der Waals surface area contributed by atoms with Gasteiger partial charge in [-0.15, -0.1) is 0 Å². The third-order valence-electron chi connectivity index (χ3n) is 2.04. The summed E-state index contributed by atoms with van der Waals surface area (Å²) in [7, 11) is 3.95. The zero-order chi connectivity index (χ0) is 11.8. The summed E-state index contributed by atoms with van der Waals surface area (Å²) in [4.78, 5) is 1.97. The molecular formula is C12H19N4+. The van der Waals surface area contributed by atoms with Crippen LogP contribution in [0.1, 0.15) is 5.56 Å². The van der Waals surface area contributed by atoms with Gasteiger partial charge in [0.15, 0.2) is 0 Å². The molecule has 1 aromatic rings. The van der Waals surface area contributed by atoms with Crippen molar-refractivity contribution in [1.82, 2.24) is 4.90 Å². The fraction of sp³-hybridized carbons (Fsp3) is 0.333. The van der Waals surface area contributed by atoms with Crippen LogP contribution in [-0.4, -0.2) is 25.7 Å². The molecule has 2 N–H and O–H groups in total. The Morgan fingerprint density at radius 1 is 1.31 bits per heavy atom. The molecule has 0 bridgehead atoms. The van der Waals surface area contributed by atoms with Crippen LogP contribution in [0.25, 0.3) is 0 Å². The van der Waals surface area contributed by atoms with Crippen molar-refractivity contribution < 1.29 is 5.32 Å². The van der Waals surface area contributed by atoms with E-state index in [1.54, 1.807) is 0 Å². The van der Waals surface area contributed by atoms with Crippen molar-refractivity contribution in [2.45, 2.75) is 6.92 Å². The van der Waals surface area contributed by atoms with Crippen molar-refractivity contribution in [3.8, 4) is 0 Å². The number of nitrogens with two attached hydrogens (primary N) is 1. The average molecular weight is 219 g/mol. The first-order valence-electron chi connectivity index (χ1n) is 5.33. The van der Waals surface area contributed by atoms with Crippen molar-refractivity contribution in [2.24, 2.45) is 10.2 Å². The van der Waals surface area contributed by atoms with E-state index in [0.717, 1.165) is 5.69 Å². The molecule has 0 spiro atoms. The van der Waals surface area contributed by atoms with Crippen molar-refractivity contribution >= 4 is 5.69 Å². The van der Waals surface area contributed by atoms with Gasteiger partial charge in [-0.3, -0.25) is 0 Å². The van der Waals surface area contributed by atoms with Gasteiger partial charge in [-0.2, -0.15) is 10.2 Å². The topological polar surface area (TPSA) is 44.6 Å². The molecule has 0 aliphatic heterocycles. The second-order valence-electron chi connectivity index (χ2n) is 3.65. The predicted molar refractivity (Wildman–Crippen MR) is 65.3 cm³/mol. The van der Waals surface area contributed by atoms with Gasteiger partial charge in [0.05, 0.1) is 18.9 Å². The molecule has 0 aliphatic carbocycles. The van der Waals surface area contributed by atoms with Crippen LogP contribution in [0.15, 0.2) is 46.9 Å². The molecule has 4 nitrogen and oxygen atoms in total. The van der Waals surface area contributed by atoms with Crippen LogP contribution in [0.3, 0.4) is 0 Å². The number of rotatable bonds is 5. The molecule has 16 heavy (non-hydrogen) atoms. The standard InChI is InChI=1S/C12H18N4/c1-11-4-6-12(7-5-11)15-14-10-16(3)9-8-13-2/h4-9,13H,10H2,1-3H3/p+1/b9-8-,15-14?. The van der Waals surface area contributed by atoms with Crippen LogP contribution in [0.2, 0.25) is 0 Å². The molecule has 0 aromatic heterocycles. The predicted octanol–water partition coefficient (Wildman–Crippen LogP) is 1.63. The Kier molecular flexibility index (Phi) is 5.22. The zero-order valence-corrected chi connectivity index (χ0v) is 10.1. The van der Waals surface area contributed by atoms with Gasteiger partial charge >= 0.3 is 0 Å². The number of hydrogen-bond acceptors (Lipinski definition) is 3. The fourth-order valence-electron chi connectivity index (χ4n) is 1.10. The Bertz CT molecular complexity index is 354. The van der Waals surface area contributed by atoms with E-state index in [9.17, 15) is 0 Å². The summed E-state index contributed by atoms with van der Waals surface area (Å²) < 4.78 is 0. The Balaban J connectivity index is 2.42. The van der Waals surface area contributed by atoms with Crippen molar-refractivity contribution in [3.63, 3.8) is 0 Å². The highest BCUT2D eigenvalue weighted by Crippen LogP contribution is 2.12. The van der Waals surface area contributed by atoms with E-state index >= 15 is 0 Å². The monoisotopic (exact) mass is 219 g/mol. The SMILES string of the molecule is C[NH2+]/C=C\N(C)CN=Nc1ccc(C)cc1. The molecule has 0 fully saturated rings. The largest absolute Gasteiger partial charge is 0.355 e. The summed E-state index contributed by atoms with van der Waals surface area (Å²) >= 11 is 0. The molecule has 0 atom stereocenters. The lowest BCUT2D eigenvalue weighted by Crippen LogP contribution is -2.72. The van der Waals surface area contributed by atoms with Crippen molar-refractivity contribution in [2.75, 3.05) is 20.8 Å². The number of nitrogens with zero attached hydrogens (tertiary/aromatic N) is 3.